The molecule has 2 fully saturated rings. The van der Waals surface area contributed by atoms with Gasteiger partial charge < -0.3 is 9.80 Å². The summed E-state index contributed by atoms with van der Waals surface area (Å²) in [4.78, 5) is 4.79. The molecule has 0 aliphatic carbocycles. The van der Waals surface area contributed by atoms with Crippen LogP contribution in [-0.2, 0) is 0 Å². The summed E-state index contributed by atoms with van der Waals surface area (Å²) < 4.78 is 0. The molecule has 98 valence electrons. The van der Waals surface area contributed by atoms with Crippen molar-refractivity contribution in [3.63, 3.8) is 0 Å². The van der Waals surface area contributed by atoms with Crippen LogP contribution in [0.4, 0.5) is 5.82 Å². The summed E-state index contributed by atoms with van der Waals surface area (Å²) in [5.41, 5.74) is 2.12. The van der Waals surface area contributed by atoms with E-state index in [4.69, 9.17) is 0 Å². The fourth-order valence-electron chi connectivity index (χ4n) is 3.15. The minimum absolute atomic E-state index is 0.645. The number of aromatic nitrogens is 2. The van der Waals surface area contributed by atoms with Crippen molar-refractivity contribution in [2.75, 3.05) is 31.6 Å². The van der Waals surface area contributed by atoms with Gasteiger partial charge in [-0.1, -0.05) is 0 Å². The zero-order valence-corrected chi connectivity index (χ0v) is 11.7. The SMILES string of the molecule is CN1CC2CN(c3ccc(-c4ccsc4)nn3)C2C1. The second kappa shape index (κ2) is 4.28. The van der Waals surface area contributed by atoms with Gasteiger partial charge in [-0.25, -0.2) is 0 Å². The summed E-state index contributed by atoms with van der Waals surface area (Å²) >= 11 is 1.69. The molecule has 0 amide bonds. The van der Waals surface area contributed by atoms with Gasteiger partial charge in [0.1, 0.15) is 0 Å². The number of nitrogens with zero attached hydrogens (tertiary/aromatic N) is 4. The van der Waals surface area contributed by atoms with Crippen molar-refractivity contribution >= 4 is 17.2 Å². The first-order valence-corrected chi connectivity index (χ1v) is 7.57. The highest BCUT2D eigenvalue weighted by Gasteiger charge is 2.45. The number of thiophene rings is 1. The highest BCUT2D eigenvalue weighted by molar-refractivity contribution is 7.08. The second-order valence-corrected chi connectivity index (χ2v) is 6.27. The zero-order chi connectivity index (χ0) is 12.8. The number of likely N-dealkylation sites (tertiary alicyclic amines) is 1. The van der Waals surface area contributed by atoms with Gasteiger partial charge in [-0.2, -0.15) is 11.3 Å². The molecule has 0 spiro atoms. The van der Waals surface area contributed by atoms with Crippen LogP contribution in [0.25, 0.3) is 11.3 Å². The van der Waals surface area contributed by atoms with Crippen molar-refractivity contribution in [3.8, 4) is 11.3 Å². The lowest BCUT2D eigenvalue weighted by Crippen LogP contribution is -2.56. The van der Waals surface area contributed by atoms with Crippen molar-refractivity contribution in [3.05, 3.63) is 29.0 Å². The summed E-state index contributed by atoms with van der Waals surface area (Å²) in [7, 11) is 2.20. The number of likely N-dealkylation sites (N-methyl/N-ethyl adjacent to an activating group) is 1. The van der Waals surface area contributed by atoms with Gasteiger partial charge in [0.2, 0.25) is 0 Å². The first kappa shape index (κ1) is 11.4. The van der Waals surface area contributed by atoms with E-state index in [9.17, 15) is 0 Å². The summed E-state index contributed by atoms with van der Waals surface area (Å²) in [5.74, 6) is 1.85. The standard InChI is InChI=1S/C14H16N4S/c1-17-6-11-7-18(13(11)8-17)14-3-2-12(15-16-14)10-4-5-19-9-10/h2-5,9,11,13H,6-8H2,1H3. The molecule has 2 aromatic heterocycles. The molecule has 2 atom stereocenters. The van der Waals surface area contributed by atoms with E-state index in [-0.39, 0.29) is 0 Å². The average molecular weight is 272 g/mol. The van der Waals surface area contributed by atoms with Crippen molar-refractivity contribution in [2.45, 2.75) is 6.04 Å². The molecule has 2 aromatic rings. The minimum Gasteiger partial charge on any atom is -0.350 e. The van der Waals surface area contributed by atoms with E-state index >= 15 is 0 Å². The third-order valence-electron chi connectivity index (χ3n) is 4.18. The monoisotopic (exact) mass is 272 g/mol. The first-order chi connectivity index (χ1) is 9.31. The van der Waals surface area contributed by atoms with E-state index in [1.54, 1.807) is 11.3 Å². The molecule has 2 aliphatic rings. The van der Waals surface area contributed by atoms with E-state index in [1.807, 2.05) is 0 Å². The molecule has 5 heteroatoms. The smallest absolute Gasteiger partial charge is 0.151 e. The zero-order valence-electron chi connectivity index (χ0n) is 10.9. The lowest BCUT2D eigenvalue weighted by atomic mass is 9.92. The minimum atomic E-state index is 0.645. The summed E-state index contributed by atoms with van der Waals surface area (Å²) in [6, 6.07) is 6.91. The molecule has 0 radical (unpaired) electrons. The van der Waals surface area contributed by atoms with E-state index < -0.39 is 0 Å². The van der Waals surface area contributed by atoms with Gasteiger partial charge in [0.05, 0.1) is 5.69 Å². The largest absolute Gasteiger partial charge is 0.350 e. The van der Waals surface area contributed by atoms with E-state index in [1.165, 1.54) is 6.54 Å². The van der Waals surface area contributed by atoms with Crippen LogP contribution in [0.15, 0.2) is 29.0 Å². The van der Waals surface area contributed by atoms with Gasteiger partial charge in [-0.15, -0.1) is 10.2 Å². The molecule has 2 saturated heterocycles. The van der Waals surface area contributed by atoms with Crippen LogP contribution < -0.4 is 4.90 Å². The molecule has 4 nitrogen and oxygen atoms in total. The molecule has 19 heavy (non-hydrogen) atoms. The Kier molecular flexibility index (Phi) is 2.56. The van der Waals surface area contributed by atoms with Gasteiger partial charge in [0, 0.05) is 42.5 Å². The molecule has 2 unspecified atom stereocenters. The summed E-state index contributed by atoms with van der Waals surface area (Å²) in [5, 5.41) is 12.9. The van der Waals surface area contributed by atoms with Crippen LogP contribution in [0, 0.1) is 5.92 Å². The highest BCUT2D eigenvalue weighted by atomic mass is 32.1. The van der Waals surface area contributed by atoms with Crippen LogP contribution in [-0.4, -0.2) is 47.8 Å². The predicted molar refractivity (Wildman–Crippen MR) is 77.5 cm³/mol. The number of rotatable bonds is 2. The summed E-state index contributed by atoms with van der Waals surface area (Å²) in [6.45, 7) is 3.50. The normalized spacial score (nSPS) is 26.3. The molecular weight excluding hydrogens is 256 g/mol. The van der Waals surface area contributed by atoms with Crippen LogP contribution in [0.1, 0.15) is 0 Å². The Morgan fingerprint density at radius 2 is 2.11 bits per heavy atom. The van der Waals surface area contributed by atoms with Gasteiger partial charge >= 0.3 is 0 Å². The fourth-order valence-corrected chi connectivity index (χ4v) is 3.80. The maximum absolute atomic E-state index is 4.40. The molecule has 2 aliphatic heterocycles. The van der Waals surface area contributed by atoms with Gasteiger partial charge in [0.25, 0.3) is 0 Å². The van der Waals surface area contributed by atoms with Crippen molar-refractivity contribution < 1.29 is 0 Å². The lowest BCUT2D eigenvalue weighted by molar-refractivity contribution is 0.357. The number of anilines is 1. The van der Waals surface area contributed by atoms with E-state index in [0.29, 0.717) is 6.04 Å². The van der Waals surface area contributed by atoms with Crippen LogP contribution >= 0.6 is 11.3 Å². The van der Waals surface area contributed by atoms with Crippen molar-refractivity contribution in [2.24, 2.45) is 5.92 Å². The molecular formula is C14H16N4S. The van der Waals surface area contributed by atoms with E-state index in [0.717, 1.165) is 36.1 Å². The van der Waals surface area contributed by atoms with Gasteiger partial charge in [-0.05, 0) is 30.6 Å². The quantitative estimate of drug-likeness (QED) is 0.836. The van der Waals surface area contributed by atoms with Crippen molar-refractivity contribution in [1.82, 2.24) is 15.1 Å². The molecule has 0 bridgehead atoms. The number of hydrogen-bond acceptors (Lipinski definition) is 5. The fraction of sp³-hybridized carbons (Fsp3) is 0.429. The maximum Gasteiger partial charge on any atom is 0.151 e. The van der Waals surface area contributed by atoms with Crippen LogP contribution in [0.2, 0.25) is 0 Å². The third-order valence-corrected chi connectivity index (χ3v) is 4.87. The van der Waals surface area contributed by atoms with E-state index in [2.05, 4.69) is 56.0 Å². The third kappa shape index (κ3) is 1.84. The van der Waals surface area contributed by atoms with Gasteiger partial charge in [0.15, 0.2) is 5.82 Å². The Hall–Kier alpha value is -1.46. The predicted octanol–water partition coefficient (Wildman–Crippen LogP) is 1.96. The average Bonchev–Trinajstić information content (AvgIpc) is 3.03. The number of hydrogen-bond donors (Lipinski definition) is 0. The first-order valence-electron chi connectivity index (χ1n) is 6.63. The van der Waals surface area contributed by atoms with Crippen LogP contribution in [0.5, 0.6) is 0 Å². The van der Waals surface area contributed by atoms with Crippen molar-refractivity contribution in [1.29, 1.82) is 0 Å². The van der Waals surface area contributed by atoms with Gasteiger partial charge in [-0.3, -0.25) is 0 Å². The molecule has 4 rings (SSSR count). The number of fused-ring (bicyclic) bond motifs is 1. The Balaban J connectivity index is 1.54. The Labute approximate surface area is 116 Å². The Morgan fingerprint density at radius 3 is 2.79 bits per heavy atom. The summed E-state index contributed by atoms with van der Waals surface area (Å²) in [6.07, 6.45) is 0. The molecule has 0 aromatic carbocycles. The van der Waals surface area contributed by atoms with Crippen LogP contribution in [0.3, 0.4) is 0 Å². The maximum atomic E-state index is 4.40. The molecule has 0 N–H and O–H groups in total. The Bertz CT molecular complexity index is 566. The highest BCUT2D eigenvalue weighted by Crippen LogP contribution is 2.34. The lowest BCUT2D eigenvalue weighted by Gasteiger charge is -2.44. The topological polar surface area (TPSA) is 32.3 Å². The second-order valence-electron chi connectivity index (χ2n) is 5.49. The molecule has 4 heterocycles. The molecule has 0 saturated carbocycles. The Morgan fingerprint density at radius 1 is 1.16 bits per heavy atom.